The maximum absolute atomic E-state index is 4.66. The first-order valence-electron chi connectivity index (χ1n) is 8.38. The van der Waals surface area contributed by atoms with Gasteiger partial charge in [-0.25, -0.2) is 4.98 Å². The van der Waals surface area contributed by atoms with Crippen LogP contribution in [0.25, 0.3) is 0 Å². The Labute approximate surface area is 138 Å². The fourth-order valence-corrected chi connectivity index (χ4v) is 3.05. The van der Waals surface area contributed by atoms with Crippen molar-refractivity contribution in [3.63, 3.8) is 0 Å². The third kappa shape index (κ3) is 4.07. The molecule has 0 aromatic carbocycles. The topological polar surface area (TPSA) is 50.1 Å². The van der Waals surface area contributed by atoms with E-state index in [4.69, 9.17) is 0 Å². The predicted octanol–water partition coefficient (Wildman–Crippen LogP) is 1.81. The van der Waals surface area contributed by atoms with E-state index < -0.39 is 0 Å². The van der Waals surface area contributed by atoms with Crippen molar-refractivity contribution in [1.29, 1.82) is 0 Å². The van der Waals surface area contributed by atoms with Gasteiger partial charge in [-0.3, -0.25) is 14.6 Å². The van der Waals surface area contributed by atoms with Crippen LogP contribution in [0.2, 0.25) is 0 Å². The van der Waals surface area contributed by atoms with Crippen molar-refractivity contribution in [1.82, 2.24) is 24.6 Å². The van der Waals surface area contributed by atoms with Gasteiger partial charge in [0.1, 0.15) is 5.82 Å². The minimum atomic E-state index is 0.988. The molecule has 0 amide bonds. The summed E-state index contributed by atoms with van der Waals surface area (Å²) in [5, 5.41) is 4.34. The van der Waals surface area contributed by atoms with Crippen molar-refractivity contribution in [2.24, 2.45) is 0 Å². The lowest BCUT2D eigenvalue weighted by molar-refractivity contribution is 0.248. The lowest BCUT2D eigenvalue weighted by Crippen LogP contribution is -2.47. The number of nitrogens with zero attached hydrogens (tertiary/aromatic N) is 6. The van der Waals surface area contributed by atoms with Gasteiger partial charge in [-0.15, -0.1) is 0 Å². The minimum Gasteiger partial charge on any atom is -0.353 e. The van der Waals surface area contributed by atoms with Crippen molar-refractivity contribution in [3.05, 3.63) is 35.5 Å². The highest BCUT2D eigenvalue weighted by Gasteiger charge is 2.19. The molecule has 1 aliphatic heterocycles. The molecule has 3 heterocycles. The van der Waals surface area contributed by atoms with Crippen LogP contribution in [-0.2, 0) is 6.54 Å². The Morgan fingerprint density at radius 3 is 2.48 bits per heavy atom. The lowest BCUT2D eigenvalue weighted by atomic mass is 10.2. The maximum atomic E-state index is 4.66. The van der Waals surface area contributed by atoms with Crippen molar-refractivity contribution >= 4 is 5.82 Å². The first-order chi connectivity index (χ1) is 11.1. The van der Waals surface area contributed by atoms with Crippen LogP contribution in [0.15, 0.2) is 18.6 Å². The number of hydrogen-bond donors (Lipinski definition) is 0. The number of aromatic nitrogens is 4. The molecule has 0 atom stereocenters. The average molecular weight is 314 g/mol. The molecule has 0 unspecified atom stereocenters. The van der Waals surface area contributed by atoms with E-state index in [1.54, 1.807) is 0 Å². The Hall–Kier alpha value is -1.95. The fraction of sp³-hybridized carbons (Fsp3) is 0.588. The second-order valence-electron chi connectivity index (χ2n) is 6.38. The van der Waals surface area contributed by atoms with Crippen LogP contribution in [0.3, 0.4) is 0 Å². The number of piperazine rings is 1. The Morgan fingerprint density at radius 2 is 1.78 bits per heavy atom. The summed E-state index contributed by atoms with van der Waals surface area (Å²) in [4.78, 5) is 14.0. The molecular formula is C17H26N6. The van der Waals surface area contributed by atoms with Crippen molar-refractivity contribution in [2.75, 3.05) is 37.6 Å². The van der Waals surface area contributed by atoms with Crippen LogP contribution >= 0.6 is 0 Å². The summed E-state index contributed by atoms with van der Waals surface area (Å²) in [6.07, 6.45) is 7.01. The van der Waals surface area contributed by atoms with Gasteiger partial charge in [0.2, 0.25) is 0 Å². The zero-order chi connectivity index (χ0) is 16.2. The second kappa shape index (κ2) is 7.08. The van der Waals surface area contributed by atoms with Crippen LogP contribution in [0.1, 0.15) is 23.4 Å². The zero-order valence-corrected chi connectivity index (χ0v) is 14.4. The Kier molecular flexibility index (Phi) is 4.91. The zero-order valence-electron chi connectivity index (χ0n) is 14.4. The van der Waals surface area contributed by atoms with Gasteiger partial charge in [-0.05, 0) is 32.8 Å². The van der Waals surface area contributed by atoms with Gasteiger partial charge in [-0.2, -0.15) is 5.10 Å². The average Bonchev–Trinajstić information content (AvgIpc) is 2.96. The van der Waals surface area contributed by atoms with Crippen LogP contribution in [0.4, 0.5) is 5.82 Å². The minimum absolute atomic E-state index is 0.988. The third-order valence-electron chi connectivity index (χ3n) is 4.35. The molecule has 6 heteroatoms. The van der Waals surface area contributed by atoms with Gasteiger partial charge in [0, 0.05) is 51.7 Å². The summed E-state index contributed by atoms with van der Waals surface area (Å²) in [6, 6.07) is 0. The Bertz CT molecular complexity index is 642. The molecule has 3 rings (SSSR count). The van der Waals surface area contributed by atoms with E-state index in [1.807, 2.05) is 30.9 Å². The number of rotatable bonds is 5. The number of hydrogen-bond acceptors (Lipinski definition) is 5. The maximum Gasteiger partial charge on any atom is 0.150 e. The largest absolute Gasteiger partial charge is 0.353 e. The summed E-state index contributed by atoms with van der Waals surface area (Å²) in [6.45, 7) is 12.5. The van der Waals surface area contributed by atoms with E-state index in [2.05, 4.69) is 38.0 Å². The molecule has 0 spiro atoms. The molecule has 0 radical (unpaired) electrons. The van der Waals surface area contributed by atoms with Gasteiger partial charge in [0.25, 0.3) is 0 Å². The Balaban J connectivity index is 1.46. The second-order valence-corrected chi connectivity index (χ2v) is 6.38. The number of aryl methyl sites for hydroxylation is 4. The highest BCUT2D eigenvalue weighted by molar-refractivity contribution is 5.43. The summed E-state index contributed by atoms with van der Waals surface area (Å²) in [5.41, 5.74) is 3.24. The standard InChI is InChI=1S/C17H26N6/c1-14-11-19-23(13-14)6-4-5-21-7-9-22(10-8-21)17-16(3)18-12-15(2)20-17/h11-13H,4-10H2,1-3H3. The van der Waals surface area contributed by atoms with Gasteiger partial charge < -0.3 is 4.90 Å². The van der Waals surface area contributed by atoms with Gasteiger partial charge >= 0.3 is 0 Å². The van der Waals surface area contributed by atoms with Gasteiger partial charge in [0.15, 0.2) is 0 Å². The molecule has 0 saturated carbocycles. The molecule has 2 aromatic heterocycles. The molecule has 1 fully saturated rings. The fourth-order valence-electron chi connectivity index (χ4n) is 3.05. The first kappa shape index (κ1) is 15.9. The molecule has 0 bridgehead atoms. The van der Waals surface area contributed by atoms with E-state index in [-0.39, 0.29) is 0 Å². The van der Waals surface area contributed by atoms with E-state index >= 15 is 0 Å². The van der Waals surface area contributed by atoms with E-state index in [1.165, 1.54) is 5.56 Å². The summed E-state index contributed by atoms with van der Waals surface area (Å²) in [5.74, 6) is 1.05. The molecule has 124 valence electrons. The van der Waals surface area contributed by atoms with Crippen molar-refractivity contribution < 1.29 is 0 Å². The highest BCUT2D eigenvalue weighted by Crippen LogP contribution is 2.17. The predicted molar refractivity (Wildman–Crippen MR) is 91.7 cm³/mol. The summed E-state index contributed by atoms with van der Waals surface area (Å²) >= 11 is 0. The van der Waals surface area contributed by atoms with Gasteiger partial charge in [0.05, 0.1) is 17.6 Å². The molecule has 1 aliphatic rings. The SMILES string of the molecule is Cc1cnn(CCCN2CCN(c3nc(C)cnc3C)CC2)c1. The summed E-state index contributed by atoms with van der Waals surface area (Å²) < 4.78 is 2.04. The molecule has 23 heavy (non-hydrogen) atoms. The van der Waals surface area contributed by atoms with Crippen LogP contribution in [-0.4, -0.2) is 57.4 Å². The molecule has 0 N–H and O–H groups in total. The van der Waals surface area contributed by atoms with Crippen LogP contribution in [0.5, 0.6) is 0 Å². The van der Waals surface area contributed by atoms with Crippen molar-refractivity contribution in [2.45, 2.75) is 33.7 Å². The number of anilines is 1. The van der Waals surface area contributed by atoms with Crippen LogP contribution in [0, 0.1) is 20.8 Å². The van der Waals surface area contributed by atoms with Gasteiger partial charge in [-0.1, -0.05) is 0 Å². The molecule has 6 nitrogen and oxygen atoms in total. The van der Waals surface area contributed by atoms with Crippen LogP contribution < -0.4 is 4.90 Å². The molecule has 2 aromatic rings. The third-order valence-corrected chi connectivity index (χ3v) is 4.35. The molecule has 0 aliphatic carbocycles. The monoisotopic (exact) mass is 314 g/mol. The smallest absolute Gasteiger partial charge is 0.150 e. The molecular weight excluding hydrogens is 288 g/mol. The van der Waals surface area contributed by atoms with E-state index in [9.17, 15) is 0 Å². The van der Waals surface area contributed by atoms with E-state index in [0.717, 1.165) is 62.9 Å². The molecule has 1 saturated heterocycles. The highest BCUT2D eigenvalue weighted by atomic mass is 15.3. The first-order valence-corrected chi connectivity index (χ1v) is 8.38. The lowest BCUT2D eigenvalue weighted by Gasteiger charge is -2.35. The van der Waals surface area contributed by atoms with E-state index in [0.29, 0.717) is 0 Å². The van der Waals surface area contributed by atoms with Crippen molar-refractivity contribution in [3.8, 4) is 0 Å². The quantitative estimate of drug-likeness (QED) is 0.842. The normalized spacial score (nSPS) is 16.0. The Morgan fingerprint density at radius 1 is 1.00 bits per heavy atom. The summed E-state index contributed by atoms with van der Waals surface area (Å²) in [7, 11) is 0.